The van der Waals surface area contributed by atoms with E-state index in [0.717, 1.165) is 14.6 Å². The number of esters is 1. The maximum atomic E-state index is 12.3. The molecule has 0 radical (unpaired) electrons. The Labute approximate surface area is 165 Å². The molecule has 9 heteroatoms. The number of ether oxygens (including phenoxy) is 1. The predicted octanol–water partition coefficient (Wildman–Crippen LogP) is 2.42. The second-order valence-electron chi connectivity index (χ2n) is 5.50. The third-order valence-electron chi connectivity index (χ3n) is 3.27. The number of thiazole rings is 1. The molecule has 2 aromatic rings. The van der Waals surface area contributed by atoms with Crippen LogP contribution in [0, 0.1) is 12.3 Å². The van der Waals surface area contributed by atoms with Gasteiger partial charge in [-0.05, 0) is 18.2 Å². The van der Waals surface area contributed by atoms with Crippen LogP contribution in [-0.4, -0.2) is 41.2 Å². The summed E-state index contributed by atoms with van der Waals surface area (Å²) < 4.78 is 6.66. The molecule has 1 aromatic heterocycles. The molecule has 2 N–H and O–H groups in total. The SMILES string of the molecule is C#CCC(NC(C)=O)C(=O)Nc1ccc2nc(SCCOC(C)=O)sc2c1. The number of aromatic nitrogens is 1. The van der Waals surface area contributed by atoms with E-state index >= 15 is 0 Å². The lowest BCUT2D eigenvalue weighted by molar-refractivity contribution is -0.140. The summed E-state index contributed by atoms with van der Waals surface area (Å²) >= 11 is 2.98. The summed E-state index contributed by atoms with van der Waals surface area (Å²) in [5, 5.41) is 5.30. The molecule has 27 heavy (non-hydrogen) atoms. The number of carbonyl (C=O) groups is 3. The van der Waals surface area contributed by atoms with Gasteiger partial charge in [0.15, 0.2) is 4.34 Å². The maximum Gasteiger partial charge on any atom is 0.302 e. The third kappa shape index (κ3) is 6.58. The molecule has 0 bridgehead atoms. The average molecular weight is 406 g/mol. The van der Waals surface area contributed by atoms with Crippen LogP contribution in [0.2, 0.25) is 0 Å². The van der Waals surface area contributed by atoms with Gasteiger partial charge in [-0.1, -0.05) is 11.8 Å². The second-order valence-corrected chi connectivity index (χ2v) is 7.87. The number of anilines is 1. The van der Waals surface area contributed by atoms with E-state index < -0.39 is 6.04 Å². The lowest BCUT2D eigenvalue weighted by atomic mass is 10.2. The van der Waals surface area contributed by atoms with Crippen molar-refractivity contribution in [1.29, 1.82) is 0 Å². The summed E-state index contributed by atoms with van der Waals surface area (Å²) in [5.41, 5.74) is 1.41. The van der Waals surface area contributed by atoms with Gasteiger partial charge in [0.05, 0.1) is 10.2 Å². The summed E-state index contributed by atoms with van der Waals surface area (Å²) in [6, 6.07) is 4.60. The molecule has 0 aliphatic rings. The largest absolute Gasteiger partial charge is 0.465 e. The van der Waals surface area contributed by atoms with Crippen molar-refractivity contribution in [2.75, 3.05) is 17.7 Å². The van der Waals surface area contributed by atoms with Crippen molar-refractivity contribution in [3.05, 3.63) is 18.2 Å². The minimum atomic E-state index is -0.781. The molecule has 1 heterocycles. The van der Waals surface area contributed by atoms with Gasteiger partial charge in [0.1, 0.15) is 12.6 Å². The quantitative estimate of drug-likeness (QED) is 0.303. The minimum absolute atomic E-state index is 0.108. The second kappa shape index (κ2) is 9.94. The highest BCUT2D eigenvalue weighted by Crippen LogP contribution is 2.31. The lowest BCUT2D eigenvalue weighted by Gasteiger charge is -2.15. The number of terminal acetylenes is 1. The Bertz CT molecular complexity index is 888. The van der Waals surface area contributed by atoms with Crippen LogP contribution < -0.4 is 10.6 Å². The molecule has 142 valence electrons. The fourth-order valence-corrected chi connectivity index (χ4v) is 4.15. The minimum Gasteiger partial charge on any atom is -0.465 e. The van der Waals surface area contributed by atoms with Crippen molar-refractivity contribution >= 4 is 56.8 Å². The normalized spacial score (nSPS) is 11.4. The van der Waals surface area contributed by atoms with Crippen LogP contribution in [0.4, 0.5) is 5.69 Å². The number of rotatable bonds is 8. The molecule has 1 atom stereocenters. The molecule has 1 aromatic carbocycles. The Morgan fingerprint density at radius 1 is 1.37 bits per heavy atom. The van der Waals surface area contributed by atoms with E-state index in [0.29, 0.717) is 18.0 Å². The number of nitrogens with one attached hydrogen (secondary N) is 2. The van der Waals surface area contributed by atoms with Crippen LogP contribution in [0.3, 0.4) is 0 Å². The number of fused-ring (bicyclic) bond motifs is 1. The zero-order valence-electron chi connectivity index (χ0n) is 14.9. The molecule has 2 rings (SSSR count). The smallest absolute Gasteiger partial charge is 0.302 e. The van der Waals surface area contributed by atoms with Crippen molar-refractivity contribution in [1.82, 2.24) is 10.3 Å². The summed E-state index contributed by atoms with van der Waals surface area (Å²) in [4.78, 5) is 38.8. The number of benzene rings is 1. The van der Waals surface area contributed by atoms with E-state index in [9.17, 15) is 14.4 Å². The summed E-state index contributed by atoms with van der Waals surface area (Å²) in [5.74, 6) is 2.01. The van der Waals surface area contributed by atoms with Crippen LogP contribution in [-0.2, 0) is 19.1 Å². The Balaban J connectivity index is 2.02. The summed E-state index contributed by atoms with van der Waals surface area (Å²) in [7, 11) is 0. The summed E-state index contributed by atoms with van der Waals surface area (Å²) in [6.45, 7) is 3.04. The topological polar surface area (TPSA) is 97.4 Å². The Morgan fingerprint density at radius 2 is 2.15 bits per heavy atom. The molecular weight excluding hydrogens is 386 g/mol. The van der Waals surface area contributed by atoms with Crippen molar-refractivity contribution in [3.8, 4) is 12.3 Å². The molecule has 0 fully saturated rings. The van der Waals surface area contributed by atoms with E-state index in [1.807, 2.05) is 12.1 Å². The van der Waals surface area contributed by atoms with Gasteiger partial charge in [0, 0.05) is 31.7 Å². The zero-order chi connectivity index (χ0) is 19.8. The van der Waals surface area contributed by atoms with Gasteiger partial charge in [-0.2, -0.15) is 0 Å². The van der Waals surface area contributed by atoms with Gasteiger partial charge in [0.2, 0.25) is 11.8 Å². The first kappa shape index (κ1) is 20.7. The van der Waals surface area contributed by atoms with Gasteiger partial charge < -0.3 is 15.4 Å². The third-order valence-corrected chi connectivity index (χ3v) is 5.39. The van der Waals surface area contributed by atoms with E-state index in [4.69, 9.17) is 11.2 Å². The monoisotopic (exact) mass is 405 g/mol. The molecule has 0 aliphatic carbocycles. The van der Waals surface area contributed by atoms with Crippen LogP contribution >= 0.6 is 23.1 Å². The lowest BCUT2D eigenvalue weighted by Crippen LogP contribution is -2.42. The maximum absolute atomic E-state index is 12.3. The zero-order valence-corrected chi connectivity index (χ0v) is 16.5. The van der Waals surface area contributed by atoms with Gasteiger partial charge in [-0.3, -0.25) is 14.4 Å². The Kier molecular flexibility index (Phi) is 7.64. The number of hydrogen-bond donors (Lipinski definition) is 2. The first-order valence-corrected chi connectivity index (χ1v) is 9.87. The van der Waals surface area contributed by atoms with E-state index in [-0.39, 0.29) is 24.2 Å². The standard InChI is InChI=1S/C18H19N3O4S2/c1-4-5-15(19-11(2)22)17(24)20-13-6-7-14-16(10-13)27-18(21-14)26-9-8-25-12(3)23/h1,6-7,10,15H,5,8-9H2,2-3H3,(H,19,22)(H,20,24). The highest BCUT2D eigenvalue weighted by molar-refractivity contribution is 8.01. The fourth-order valence-electron chi connectivity index (χ4n) is 2.16. The number of hydrogen-bond acceptors (Lipinski definition) is 7. The average Bonchev–Trinajstić information content (AvgIpc) is 3.00. The van der Waals surface area contributed by atoms with Crippen LogP contribution in [0.1, 0.15) is 20.3 Å². The number of nitrogens with zero attached hydrogens (tertiary/aromatic N) is 1. The highest BCUT2D eigenvalue weighted by atomic mass is 32.2. The van der Waals surface area contributed by atoms with Gasteiger partial charge >= 0.3 is 5.97 Å². The van der Waals surface area contributed by atoms with Crippen molar-refractivity contribution in [2.45, 2.75) is 30.6 Å². The summed E-state index contributed by atoms with van der Waals surface area (Å²) in [6.07, 6.45) is 5.37. The predicted molar refractivity (Wildman–Crippen MR) is 107 cm³/mol. The van der Waals surface area contributed by atoms with Gasteiger partial charge in [-0.25, -0.2) is 4.98 Å². The fraction of sp³-hybridized carbons (Fsp3) is 0.333. The van der Waals surface area contributed by atoms with Crippen LogP contribution in [0.5, 0.6) is 0 Å². The molecule has 0 saturated carbocycles. The van der Waals surface area contributed by atoms with Gasteiger partial charge in [-0.15, -0.1) is 23.7 Å². The molecule has 1 unspecified atom stereocenters. The molecule has 7 nitrogen and oxygen atoms in total. The molecule has 0 aliphatic heterocycles. The Hall–Kier alpha value is -2.57. The first-order chi connectivity index (χ1) is 12.9. The van der Waals surface area contributed by atoms with Crippen molar-refractivity contribution in [3.63, 3.8) is 0 Å². The van der Waals surface area contributed by atoms with Crippen molar-refractivity contribution in [2.24, 2.45) is 0 Å². The molecule has 0 spiro atoms. The van der Waals surface area contributed by atoms with E-state index in [1.54, 1.807) is 6.07 Å². The van der Waals surface area contributed by atoms with E-state index in [1.165, 1.54) is 36.9 Å². The van der Waals surface area contributed by atoms with Crippen LogP contribution in [0.25, 0.3) is 10.2 Å². The number of thioether (sulfide) groups is 1. The molecule has 0 saturated heterocycles. The molecule has 2 amide bonds. The van der Waals surface area contributed by atoms with Crippen LogP contribution in [0.15, 0.2) is 22.5 Å². The Morgan fingerprint density at radius 3 is 2.81 bits per heavy atom. The number of amides is 2. The highest BCUT2D eigenvalue weighted by Gasteiger charge is 2.18. The molecular formula is C18H19N3O4S2. The first-order valence-electron chi connectivity index (χ1n) is 8.07. The number of carbonyl (C=O) groups excluding carboxylic acids is 3. The van der Waals surface area contributed by atoms with Gasteiger partial charge in [0.25, 0.3) is 0 Å². The van der Waals surface area contributed by atoms with E-state index in [2.05, 4.69) is 21.5 Å². The van der Waals surface area contributed by atoms with Crippen molar-refractivity contribution < 1.29 is 19.1 Å².